The molecule has 0 spiro atoms. The van der Waals surface area contributed by atoms with Gasteiger partial charge in [-0.2, -0.15) is 0 Å². The molecule has 94 valence electrons. The van der Waals surface area contributed by atoms with E-state index in [9.17, 15) is 0 Å². The van der Waals surface area contributed by atoms with Gasteiger partial charge in [-0.05, 0) is 35.7 Å². The standard InChI is InChI=1S/C15H15BrO2/c1-11-2-7-14(16)8-15(11)18-10-13-5-3-12(9-17)4-6-13/h2-8,17H,9-10H2,1H3. The van der Waals surface area contributed by atoms with Crippen molar-refractivity contribution in [2.24, 2.45) is 0 Å². The van der Waals surface area contributed by atoms with Gasteiger partial charge in [-0.1, -0.05) is 46.3 Å². The van der Waals surface area contributed by atoms with Gasteiger partial charge in [0.1, 0.15) is 12.4 Å². The molecule has 0 saturated heterocycles. The zero-order chi connectivity index (χ0) is 13.0. The lowest BCUT2D eigenvalue weighted by Crippen LogP contribution is -1.97. The lowest BCUT2D eigenvalue weighted by Gasteiger charge is -2.10. The van der Waals surface area contributed by atoms with E-state index < -0.39 is 0 Å². The fourth-order valence-corrected chi connectivity index (χ4v) is 1.97. The molecule has 0 unspecified atom stereocenters. The SMILES string of the molecule is Cc1ccc(Br)cc1OCc1ccc(CO)cc1. The minimum atomic E-state index is 0.0753. The molecule has 0 atom stereocenters. The molecule has 0 aromatic heterocycles. The van der Waals surface area contributed by atoms with Crippen LogP contribution in [0, 0.1) is 6.92 Å². The molecule has 0 heterocycles. The quantitative estimate of drug-likeness (QED) is 0.930. The van der Waals surface area contributed by atoms with Crippen LogP contribution in [0.4, 0.5) is 0 Å². The number of hydrogen-bond acceptors (Lipinski definition) is 2. The van der Waals surface area contributed by atoms with Crippen LogP contribution in [0.1, 0.15) is 16.7 Å². The van der Waals surface area contributed by atoms with E-state index in [4.69, 9.17) is 9.84 Å². The Hall–Kier alpha value is -1.32. The number of halogens is 1. The van der Waals surface area contributed by atoms with Crippen molar-refractivity contribution in [2.75, 3.05) is 0 Å². The fraction of sp³-hybridized carbons (Fsp3) is 0.200. The Balaban J connectivity index is 2.04. The summed E-state index contributed by atoms with van der Waals surface area (Å²) in [6.07, 6.45) is 0. The Labute approximate surface area is 115 Å². The van der Waals surface area contributed by atoms with Crippen LogP contribution in [-0.4, -0.2) is 5.11 Å². The van der Waals surface area contributed by atoms with E-state index in [0.29, 0.717) is 6.61 Å². The van der Waals surface area contributed by atoms with Gasteiger partial charge in [0.15, 0.2) is 0 Å². The lowest BCUT2D eigenvalue weighted by molar-refractivity contribution is 0.281. The Kier molecular flexibility index (Phi) is 4.39. The summed E-state index contributed by atoms with van der Waals surface area (Å²) in [5.41, 5.74) is 3.12. The van der Waals surface area contributed by atoms with Crippen LogP contribution in [0.2, 0.25) is 0 Å². The second kappa shape index (κ2) is 6.03. The molecular formula is C15H15BrO2. The van der Waals surface area contributed by atoms with E-state index in [-0.39, 0.29) is 6.61 Å². The van der Waals surface area contributed by atoms with Gasteiger partial charge >= 0.3 is 0 Å². The third kappa shape index (κ3) is 3.34. The molecule has 1 N–H and O–H groups in total. The molecule has 0 aliphatic carbocycles. The van der Waals surface area contributed by atoms with Crippen molar-refractivity contribution in [3.8, 4) is 5.75 Å². The highest BCUT2D eigenvalue weighted by atomic mass is 79.9. The van der Waals surface area contributed by atoms with Crippen LogP contribution in [0.15, 0.2) is 46.9 Å². The van der Waals surface area contributed by atoms with Gasteiger partial charge in [0.25, 0.3) is 0 Å². The van der Waals surface area contributed by atoms with Crippen LogP contribution in [0.5, 0.6) is 5.75 Å². The molecule has 2 nitrogen and oxygen atoms in total. The Morgan fingerprint density at radius 3 is 2.39 bits per heavy atom. The average Bonchev–Trinajstić information content (AvgIpc) is 2.40. The molecule has 0 fully saturated rings. The second-order valence-electron chi connectivity index (χ2n) is 4.17. The van der Waals surface area contributed by atoms with Crippen molar-refractivity contribution < 1.29 is 9.84 Å². The molecule has 0 radical (unpaired) electrons. The van der Waals surface area contributed by atoms with Crippen LogP contribution < -0.4 is 4.74 Å². The first-order valence-corrected chi connectivity index (χ1v) is 6.56. The minimum absolute atomic E-state index is 0.0753. The third-order valence-corrected chi connectivity index (χ3v) is 3.24. The normalized spacial score (nSPS) is 10.4. The van der Waals surface area contributed by atoms with Crippen molar-refractivity contribution in [3.05, 3.63) is 63.6 Å². The summed E-state index contributed by atoms with van der Waals surface area (Å²) in [5.74, 6) is 0.885. The molecule has 2 aromatic carbocycles. The third-order valence-electron chi connectivity index (χ3n) is 2.75. The summed E-state index contributed by atoms with van der Waals surface area (Å²) in [7, 11) is 0. The summed E-state index contributed by atoms with van der Waals surface area (Å²) in [5, 5.41) is 8.97. The van der Waals surface area contributed by atoms with Crippen LogP contribution >= 0.6 is 15.9 Å². The monoisotopic (exact) mass is 306 g/mol. The molecule has 0 aliphatic rings. The van der Waals surface area contributed by atoms with Crippen LogP contribution in [0.3, 0.4) is 0 Å². The Bertz CT molecular complexity index is 521. The fourth-order valence-electron chi connectivity index (χ4n) is 1.63. The highest BCUT2D eigenvalue weighted by Crippen LogP contribution is 2.23. The molecule has 0 saturated carbocycles. The van der Waals surface area contributed by atoms with E-state index in [0.717, 1.165) is 26.9 Å². The van der Waals surface area contributed by atoms with E-state index in [1.54, 1.807) is 0 Å². The van der Waals surface area contributed by atoms with Gasteiger partial charge in [-0.3, -0.25) is 0 Å². The van der Waals surface area contributed by atoms with Gasteiger partial charge in [-0.15, -0.1) is 0 Å². The zero-order valence-corrected chi connectivity index (χ0v) is 11.8. The van der Waals surface area contributed by atoms with Gasteiger partial charge in [0.2, 0.25) is 0 Å². The maximum atomic E-state index is 8.97. The molecule has 3 heteroatoms. The van der Waals surface area contributed by atoms with E-state index in [1.807, 2.05) is 49.4 Å². The van der Waals surface area contributed by atoms with Crippen molar-refractivity contribution in [2.45, 2.75) is 20.1 Å². The van der Waals surface area contributed by atoms with Crippen LogP contribution in [0.25, 0.3) is 0 Å². The predicted octanol–water partition coefficient (Wildman–Crippen LogP) is 3.83. The molecule has 2 aromatic rings. The first-order chi connectivity index (χ1) is 8.69. The van der Waals surface area contributed by atoms with Crippen molar-refractivity contribution in [3.63, 3.8) is 0 Å². The molecule has 2 rings (SSSR count). The first-order valence-electron chi connectivity index (χ1n) is 5.76. The number of aliphatic hydroxyl groups is 1. The number of ether oxygens (including phenoxy) is 1. The second-order valence-corrected chi connectivity index (χ2v) is 5.09. The molecule has 0 bridgehead atoms. The maximum Gasteiger partial charge on any atom is 0.123 e. The number of benzene rings is 2. The number of rotatable bonds is 4. The topological polar surface area (TPSA) is 29.5 Å². The molecule has 0 amide bonds. The number of aryl methyl sites for hydroxylation is 1. The lowest BCUT2D eigenvalue weighted by atomic mass is 10.1. The first kappa shape index (κ1) is 13.1. The van der Waals surface area contributed by atoms with Gasteiger partial charge < -0.3 is 9.84 Å². The summed E-state index contributed by atoms with van der Waals surface area (Å²) >= 11 is 3.43. The van der Waals surface area contributed by atoms with E-state index >= 15 is 0 Å². The average molecular weight is 307 g/mol. The Morgan fingerprint density at radius 2 is 1.72 bits per heavy atom. The molecule has 18 heavy (non-hydrogen) atoms. The van der Waals surface area contributed by atoms with Crippen LogP contribution in [-0.2, 0) is 13.2 Å². The van der Waals surface area contributed by atoms with Gasteiger partial charge in [0.05, 0.1) is 6.61 Å². The Morgan fingerprint density at radius 1 is 1.06 bits per heavy atom. The predicted molar refractivity (Wildman–Crippen MR) is 75.6 cm³/mol. The zero-order valence-electron chi connectivity index (χ0n) is 10.2. The maximum absolute atomic E-state index is 8.97. The minimum Gasteiger partial charge on any atom is -0.489 e. The summed E-state index contributed by atoms with van der Waals surface area (Å²) < 4.78 is 6.80. The summed E-state index contributed by atoms with van der Waals surface area (Å²) in [6.45, 7) is 2.63. The number of hydrogen-bond donors (Lipinski definition) is 1. The highest BCUT2D eigenvalue weighted by molar-refractivity contribution is 9.10. The summed E-state index contributed by atoms with van der Waals surface area (Å²) in [6, 6.07) is 13.8. The highest BCUT2D eigenvalue weighted by Gasteiger charge is 2.01. The molecular weight excluding hydrogens is 292 g/mol. The van der Waals surface area contributed by atoms with Crippen molar-refractivity contribution >= 4 is 15.9 Å². The van der Waals surface area contributed by atoms with Crippen molar-refractivity contribution in [1.82, 2.24) is 0 Å². The van der Waals surface area contributed by atoms with Gasteiger partial charge in [-0.25, -0.2) is 0 Å². The van der Waals surface area contributed by atoms with Crippen molar-refractivity contribution in [1.29, 1.82) is 0 Å². The molecule has 0 aliphatic heterocycles. The number of aliphatic hydroxyl groups excluding tert-OH is 1. The largest absolute Gasteiger partial charge is 0.489 e. The van der Waals surface area contributed by atoms with E-state index in [2.05, 4.69) is 15.9 Å². The van der Waals surface area contributed by atoms with E-state index in [1.165, 1.54) is 0 Å². The summed E-state index contributed by atoms with van der Waals surface area (Å²) in [4.78, 5) is 0. The smallest absolute Gasteiger partial charge is 0.123 e. The van der Waals surface area contributed by atoms with Gasteiger partial charge in [0, 0.05) is 4.47 Å².